The van der Waals surface area contributed by atoms with Gasteiger partial charge in [-0.25, -0.2) is 4.79 Å². The molecule has 0 radical (unpaired) electrons. The number of aryl methyl sites for hydroxylation is 1. The molecule has 1 rings (SSSR count). The molecule has 0 atom stereocenters. The van der Waals surface area contributed by atoms with E-state index in [9.17, 15) is 9.90 Å². The minimum atomic E-state index is -0.953. The third-order valence-electron chi connectivity index (χ3n) is 3.13. The van der Waals surface area contributed by atoms with E-state index in [-0.39, 0.29) is 5.56 Å². The summed E-state index contributed by atoms with van der Waals surface area (Å²) in [7, 11) is 1.67. The van der Waals surface area contributed by atoms with Crippen molar-refractivity contribution in [2.75, 3.05) is 25.6 Å². The number of aromatic nitrogens is 2. The summed E-state index contributed by atoms with van der Waals surface area (Å²) in [6.07, 6.45) is 3.14. The van der Waals surface area contributed by atoms with Gasteiger partial charge >= 0.3 is 5.97 Å². The van der Waals surface area contributed by atoms with Crippen LogP contribution in [0.2, 0.25) is 0 Å². The fourth-order valence-electron chi connectivity index (χ4n) is 2.11. The monoisotopic (exact) mass is 281 g/mol. The third-order valence-corrected chi connectivity index (χ3v) is 3.13. The quantitative estimate of drug-likeness (QED) is 0.675. The molecule has 0 saturated carbocycles. The molecule has 0 aliphatic rings. The van der Waals surface area contributed by atoms with Crippen LogP contribution in [0.4, 0.5) is 5.82 Å². The van der Waals surface area contributed by atoms with Crippen LogP contribution in [-0.2, 0) is 17.6 Å². The van der Waals surface area contributed by atoms with E-state index in [1.165, 1.54) is 0 Å². The summed E-state index contributed by atoms with van der Waals surface area (Å²) in [6.45, 7) is 5.25. The van der Waals surface area contributed by atoms with Crippen LogP contribution in [-0.4, -0.2) is 41.5 Å². The van der Waals surface area contributed by atoms with E-state index in [1.54, 1.807) is 7.11 Å². The minimum absolute atomic E-state index is 0.256. The van der Waals surface area contributed by atoms with Crippen molar-refractivity contribution in [1.82, 2.24) is 10.2 Å². The molecule has 0 aromatic carbocycles. The second-order valence-electron chi connectivity index (χ2n) is 4.49. The van der Waals surface area contributed by atoms with Gasteiger partial charge in [0.1, 0.15) is 5.56 Å². The zero-order valence-corrected chi connectivity index (χ0v) is 12.4. The van der Waals surface area contributed by atoms with Crippen molar-refractivity contribution in [3.63, 3.8) is 0 Å². The van der Waals surface area contributed by atoms with Gasteiger partial charge in [0.15, 0.2) is 5.82 Å². The number of nitrogens with one attached hydrogen (secondary N) is 1. The summed E-state index contributed by atoms with van der Waals surface area (Å²) in [5.41, 5.74) is 1.79. The summed E-state index contributed by atoms with van der Waals surface area (Å²) >= 11 is 0. The molecule has 0 unspecified atom stereocenters. The van der Waals surface area contributed by atoms with E-state index in [0.29, 0.717) is 31.8 Å². The average molecular weight is 281 g/mol. The first kappa shape index (κ1) is 16.4. The molecule has 112 valence electrons. The third kappa shape index (κ3) is 4.16. The molecule has 1 aromatic heterocycles. The van der Waals surface area contributed by atoms with Crippen LogP contribution in [0.15, 0.2) is 0 Å². The first-order valence-electron chi connectivity index (χ1n) is 7.00. The standard InChI is InChI=1S/C14H23N3O3/c1-4-10-11(5-2)16-17-13(12(10)14(18)19)15-8-6-7-9-20-3/h4-9H2,1-3H3,(H,15,17)(H,18,19). The van der Waals surface area contributed by atoms with Crippen LogP contribution in [0.5, 0.6) is 0 Å². The molecule has 6 nitrogen and oxygen atoms in total. The van der Waals surface area contributed by atoms with Gasteiger partial charge < -0.3 is 15.2 Å². The number of carboxylic acid groups (broad SMARTS) is 1. The van der Waals surface area contributed by atoms with Crippen LogP contribution in [0.3, 0.4) is 0 Å². The largest absolute Gasteiger partial charge is 0.478 e. The molecule has 0 aliphatic heterocycles. The Balaban J connectivity index is 2.87. The lowest BCUT2D eigenvalue weighted by Crippen LogP contribution is -2.16. The van der Waals surface area contributed by atoms with Crippen LogP contribution >= 0.6 is 0 Å². The summed E-state index contributed by atoms with van der Waals surface area (Å²) in [5.74, 6) is -0.588. The van der Waals surface area contributed by atoms with E-state index < -0.39 is 5.97 Å². The minimum Gasteiger partial charge on any atom is -0.478 e. The van der Waals surface area contributed by atoms with Crippen molar-refractivity contribution in [2.45, 2.75) is 39.5 Å². The molecule has 0 aliphatic carbocycles. The Morgan fingerprint density at radius 1 is 1.25 bits per heavy atom. The number of hydrogen-bond donors (Lipinski definition) is 2. The zero-order chi connectivity index (χ0) is 15.0. The fourth-order valence-corrected chi connectivity index (χ4v) is 2.11. The van der Waals surface area contributed by atoms with Gasteiger partial charge in [0.25, 0.3) is 0 Å². The number of nitrogens with zero attached hydrogens (tertiary/aromatic N) is 2. The van der Waals surface area contributed by atoms with Crippen LogP contribution in [0, 0.1) is 0 Å². The van der Waals surface area contributed by atoms with Crippen molar-refractivity contribution in [2.24, 2.45) is 0 Å². The highest BCUT2D eigenvalue weighted by Crippen LogP contribution is 2.21. The predicted octanol–water partition coefficient (Wildman–Crippen LogP) is 2.14. The topological polar surface area (TPSA) is 84.3 Å². The molecule has 2 N–H and O–H groups in total. The van der Waals surface area contributed by atoms with E-state index in [4.69, 9.17) is 4.74 Å². The number of carboxylic acids is 1. The van der Waals surface area contributed by atoms with E-state index in [1.807, 2.05) is 13.8 Å². The number of aromatic carboxylic acids is 1. The SMILES string of the molecule is CCc1nnc(NCCCCOC)c(C(=O)O)c1CC. The van der Waals surface area contributed by atoms with Crippen molar-refractivity contribution < 1.29 is 14.6 Å². The highest BCUT2D eigenvalue weighted by atomic mass is 16.5. The lowest BCUT2D eigenvalue weighted by Gasteiger charge is -2.13. The predicted molar refractivity (Wildman–Crippen MR) is 77.3 cm³/mol. The van der Waals surface area contributed by atoms with Crippen molar-refractivity contribution in [3.8, 4) is 0 Å². The molecule has 0 spiro atoms. The van der Waals surface area contributed by atoms with Gasteiger partial charge in [0.05, 0.1) is 5.69 Å². The zero-order valence-electron chi connectivity index (χ0n) is 12.4. The fraction of sp³-hybridized carbons (Fsp3) is 0.643. The highest BCUT2D eigenvalue weighted by molar-refractivity contribution is 5.95. The van der Waals surface area contributed by atoms with E-state index in [0.717, 1.165) is 24.1 Å². The van der Waals surface area contributed by atoms with Gasteiger partial charge in [-0.15, -0.1) is 5.10 Å². The molecule has 6 heteroatoms. The van der Waals surface area contributed by atoms with Gasteiger partial charge in [-0.1, -0.05) is 13.8 Å². The van der Waals surface area contributed by atoms with Crippen molar-refractivity contribution in [1.29, 1.82) is 0 Å². The van der Waals surface area contributed by atoms with Gasteiger partial charge in [-0.3, -0.25) is 0 Å². The molecule has 1 heterocycles. The lowest BCUT2D eigenvalue weighted by atomic mass is 10.0. The summed E-state index contributed by atoms with van der Waals surface area (Å²) in [4.78, 5) is 11.5. The number of unbranched alkanes of at least 4 members (excludes halogenated alkanes) is 1. The van der Waals surface area contributed by atoms with E-state index in [2.05, 4.69) is 15.5 Å². The Morgan fingerprint density at radius 3 is 2.55 bits per heavy atom. The first-order chi connectivity index (χ1) is 9.65. The molecular formula is C14H23N3O3. The molecule has 0 fully saturated rings. The molecule has 1 aromatic rings. The maximum absolute atomic E-state index is 11.5. The Bertz CT molecular complexity index is 450. The smallest absolute Gasteiger partial charge is 0.339 e. The van der Waals surface area contributed by atoms with Crippen molar-refractivity contribution >= 4 is 11.8 Å². The van der Waals surface area contributed by atoms with Gasteiger partial charge in [-0.05, 0) is 31.2 Å². The number of methoxy groups -OCH3 is 1. The molecule has 0 bridgehead atoms. The Morgan fingerprint density at radius 2 is 2.00 bits per heavy atom. The number of carbonyl (C=O) groups is 1. The van der Waals surface area contributed by atoms with Crippen LogP contribution < -0.4 is 5.32 Å². The van der Waals surface area contributed by atoms with Crippen LogP contribution in [0.25, 0.3) is 0 Å². The van der Waals surface area contributed by atoms with Gasteiger partial charge in [0, 0.05) is 20.3 Å². The van der Waals surface area contributed by atoms with Crippen LogP contribution in [0.1, 0.15) is 48.3 Å². The number of rotatable bonds is 9. The van der Waals surface area contributed by atoms with E-state index >= 15 is 0 Å². The normalized spacial score (nSPS) is 10.6. The number of ether oxygens (including phenoxy) is 1. The van der Waals surface area contributed by atoms with Gasteiger partial charge in [-0.2, -0.15) is 5.10 Å². The Kier molecular flexibility index (Phi) is 6.93. The number of hydrogen-bond acceptors (Lipinski definition) is 5. The Hall–Kier alpha value is -1.69. The Labute approximate surface area is 119 Å². The molecule has 20 heavy (non-hydrogen) atoms. The van der Waals surface area contributed by atoms with Gasteiger partial charge in [0.2, 0.25) is 0 Å². The summed E-state index contributed by atoms with van der Waals surface area (Å²) < 4.78 is 4.97. The summed E-state index contributed by atoms with van der Waals surface area (Å²) in [6, 6.07) is 0. The first-order valence-corrected chi connectivity index (χ1v) is 7.00. The molecule has 0 amide bonds. The lowest BCUT2D eigenvalue weighted by molar-refractivity contribution is 0.0696. The average Bonchev–Trinajstić information content (AvgIpc) is 2.45. The summed E-state index contributed by atoms with van der Waals surface area (Å²) in [5, 5.41) is 20.6. The number of anilines is 1. The van der Waals surface area contributed by atoms with Crippen molar-refractivity contribution in [3.05, 3.63) is 16.8 Å². The molecule has 0 saturated heterocycles. The maximum Gasteiger partial charge on any atom is 0.339 e. The maximum atomic E-state index is 11.5. The second kappa shape index (κ2) is 8.47. The second-order valence-corrected chi connectivity index (χ2v) is 4.49. The molecular weight excluding hydrogens is 258 g/mol. The highest BCUT2D eigenvalue weighted by Gasteiger charge is 2.19.